The molecule has 0 aliphatic rings. The molecule has 0 aliphatic carbocycles. The minimum atomic E-state index is -0.451. The third-order valence-corrected chi connectivity index (χ3v) is 4.02. The van der Waals surface area contributed by atoms with E-state index < -0.39 is 4.92 Å². The van der Waals surface area contributed by atoms with E-state index in [-0.39, 0.29) is 11.5 Å². The Balaban J connectivity index is 1.79. The van der Waals surface area contributed by atoms with Crippen LogP contribution in [0.15, 0.2) is 64.4 Å². The lowest BCUT2D eigenvalue weighted by atomic mass is 10.1. The van der Waals surface area contributed by atoms with Gasteiger partial charge in [0.1, 0.15) is 11.5 Å². The van der Waals surface area contributed by atoms with Crippen molar-refractivity contribution in [2.75, 3.05) is 0 Å². The molecule has 0 unspecified atom stereocenters. The Morgan fingerprint density at radius 2 is 2.04 bits per heavy atom. The van der Waals surface area contributed by atoms with E-state index in [1.807, 2.05) is 11.4 Å². The molecule has 0 saturated carbocycles. The van der Waals surface area contributed by atoms with E-state index in [2.05, 4.69) is 0 Å². The van der Waals surface area contributed by atoms with Gasteiger partial charge in [0, 0.05) is 17.7 Å². The van der Waals surface area contributed by atoms with E-state index in [0.717, 1.165) is 0 Å². The maximum Gasteiger partial charge on any atom is 0.270 e. The smallest absolute Gasteiger partial charge is 0.270 e. The number of nitrogens with zero attached hydrogens (tertiary/aromatic N) is 1. The Morgan fingerprint density at radius 1 is 1.17 bits per heavy atom. The molecular formula is C17H11NO4S. The average Bonchev–Trinajstić information content (AvgIpc) is 3.24. The fraction of sp³-hybridized carbons (Fsp3) is 0. The molecule has 6 heteroatoms. The monoisotopic (exact) mass is 325 g/mol. The van der Waals surface area contributed by atoms with Crippen molar-refractivity contribution in [2.45, 2.75) is 0 Å². The second-order valence-electron chi connectivity index (χ2n) is 4.68. The molecule has 0 bridgehead atoms. The summed E-state index contributed by atoms with van der Waals surface area (Å²) in [4.78, 5) is 22.9. The lowest BCUT2D eigenvalue weighted by Gasteiger charge is -1.96. The first-order valence-corrected chi connectivity index (χ1v) is 7.62. The van der Waals surface area contributed by atoms with Crippen LogP contribution in [-0.2, 0) is 0 Å². The zero-order valence-electron chi connectivity index (χ0n) is 11.8. The van der Waals surface area contributed by atoms with Crippen LogP contribution in [0.1, 0.15) is 15.4 Å². The molecule has 5 nitrogen and oxygen atoms in total. The number of benzene rings is 1. The number of nitro benzene ring substituents is 1. The molecular weight excluding hydrogens is 314 g/mol. The van der Waals surface area contributed by atoms with Gasteiger partial charge in [0.25, 0.3) is 5.69 Å². The molecule has 0 radical (unpaired) electrons. The maximum atomic E-state index is 11.9. The highest BCUT2D eigenvalue weighted by Crippen LogP contribution is 2.26. The van der Waals surface area contributed by atoms with Crippen molar-refractivity contribution < 1.29 is 14.1 Å². The number of hydrogen-bond acceptors (Lipinski definition) is 5. The highest BCUT2D eigenvalue weighted by Gasteiger charge is 2.10. The molecule has 0 atom stereocenters. The van der Waals surface area contributed by atoms with Gasteiger partial charge in [0.15, 0.2) is 5.78 Å². The highest BCUT2D eigenvalue weighted by molar-refractivity contribution is 7.12. The summed E-state index contributed by atoms with van der Waals surface area (Å²) in [5.41, 5.74) is 0.618. The number of allylic oxidation sites excluding steroid dienone is 1. The fourth-order valence-electron chi connectivity index (χ4n) is 2.03. The van der Waals surface area contributed by atoms with Gasteiger partial charge in [-0.25, -0.2) is 0 Å². The second kappa shape index (κ2) is 6.41. The van der Waals surface area contributed by atoms with Crippen molar-refractivity contribution in [3.63, 3.8) is 0 Å². The van der Waals surface area contributed by atoms with Crippen LogP contribution in [0.2, 0.25) is 0 Å². The van der Waals surface area contributed by atoms with Gasteiger partial charge < -0.3 is 4.42 Å². The number of rotatable bonds is 5. The number of hydrogen-bond donors (Lipinski definition) is 0. The number of nitro groups is 1. The number of carbonyl (C=O) groups excluding carboxylic acids is 1. The molecule has 114 valence electrons. The van der Waals surface area contributed by atoms with Crippen LogP contribution in [0.4, 0.5) is 5.69 Å². The first kappa shape index (κ1) is 14.9. The number of thiophene rings is 1. The van der Waals surface area contributed by atoms with Gasteiger partial charge in [0.2, 0.25) is 0 Å². The van der Waals surface area contributed by atoms with Crippen LogP contribution in [0.25, 0.3) is 17.4 Å². The van der Waals surface area contributed by atoms with E-state index in [4.69, 9.17) is 4.42 Å². The van der Waals surface area contributed by atoms with Gasteiger partial charge >= 0.3 is 0 Å². The zero-order chi connectivity index (χ0) is 16.2. The first-order valence-electron chi connectivity index (χ1n) is 6.74. The summed E-state index contributed by atoms with van der Waals surface area (Å²) in [5.74, 6) is 0.932. The summed E-state index contributed by atoms with van der Waals surface area (Å²) in [7, 11) is 0. The number of non-ortho nitro benzene ring substituents is 1. The molecule has 1 aromatic carbocycles. The lowest BCUT2D eigenvalue weighted by molar-refractivity contribution is -0.384. The normalized spacial score (nSPS) is 11.0. The molecule has 0 aliphatic heterocycles. The highest BCUT2D eigenvalue weighted by atomic mass is 32.1. The summed E-state index contributed by atoms with van der Waals surface area (Å²) in [6.07, 6.45) is 3.03. The van der Waals surface area contributed by atoms with Gasteiger partial charge in [-0.15, -0.1) is 11.3 Å². The van der Waals surface area contributed by atoms with Crippen LogP contribution in [-0.4, -0.2) is 10.7 Å². The maximum absolute atomic E-state index is 11.9. The summed E-state index contributed by atoms with van der Waals surface area (Å²) >= 11 is 1.38. The minimum absolute atomic E-state index is 0.00358. The Labute approximate surface area is 135 Å². The molecule has 0 fully saturated rings. The van der Waals surface area contributed by atoms with E-state index in [0.29, 0.717) is 22.0 Å². The molecule has 0 N–H and O–H groups in total. The standard InChI is InChI=1S/C17H11NO4S/c19-15(17-5-2-10-23-17)8-6-14-7-9-16(22-14)12-3-1-4-13(11-12)18(20)21/h1-11H. The molecule has 23 heavy (non-hydrogen) atoms. The van der Waals surface area contributed by atoms with Crippen LogP contribution < -0.4 is 0 Å². The third-order valence-electron chi connectivity index (χ3n) is 3.13. The van der Waals surface area contributed by atoms with Crippen molar-refractivity contribution >= 4 is 28.9 Å². The SMILES string of the molecule is O=C(C=Cc1ccc(-c2cccc([N+](=O)[O-])c2)o1)c1cccs1. The largest absolute Gasteiger partial charge is 0.457 e. The molecule has 3 aromatic rings. The average molecular weight is 325 g/mol. The molecule has 0 saturated heterocycles. The Kier molecular flexibility index (Phi) is 4.16. The fourth-order valence-corrected chi connectivity index (χ4v) is 2.67. The number of furan rings is 1. The molecule has 2 heterocycles. The number of carbonyl (C=O) groups is 1. The third kappa shape index (κ3) is 3.44. The minimum Gasteiger partial charge on any atom is -0.457 e. The molecule has 0 spiro atoms. The number of ketones is 1. The van der Waals surface area contributed by atoms with Gasteiger partial charge in [0.05, 0.1) is 9.80 Å². The summed E-state index contributed by atoms with van der Waals surface area (Å²) in [6.45, 7) is 0. The van der Waals surface area contributed by atoms with Crippen molar-refractivity contribution in [1.29, 1.82) is 0 Å². The second-order valence-corrected chi connectivity index (χ2v) is 5.63. The Morgan fingerprint density at radius 3 is 2.78 bits per heavy atom. The van der Waals surface area contributed by atoms with Gasteiger partial charge in [-0.3, -0.25) is 14.9 Å². The molecule has 3 rings (SSSR count). The van der Waals surface area contributed by atoms with Crippen LogP contribution in [0.3, 0.4) is 0 Å². The predicted octanol–water partition coefficient (Wildman–Crippen LogP) is 4.81. The summed E-state index contributed by atoms with van der Waals surface area (Å²) in [6, 6.07) is 13.2. The van der Waals surface area contributed by atoms with Crippen LogP contribution >= 0.6 is 11.3 Å². The van der Waals surface area contributed by atoms with Crippen molar-refractivity contribution in [3.8, 4) is 11.3 Å². The van der Waals surface area contributed by atoms with Crippen molar-refractivity contribution in [2.24, 2.45) is 0 Å². The lowest BCUT2D eigenvalue weighted by Crippen LogP contribution is -1.88. The van der Waals surface area contributed by atoms with Gasteiger partial charge in [-0.05, 0) is 35.7 Å². The van der Waals surface area contributed by atoms with Crippen molar-refractivity contribution in [1.82, 2.24) is 0 Å². The summed E-state index contributed by atoms with van der Waals surface area (Å²) in [5, 5.41) is 12.6. The van der Waals surface area contributed by atoms with E-state index in [1.165, 1.54) is 29.5 Å². The Hall–Kier alpha value is -2.99. The molecule has 2 aromatic heterocycles. The van der Waals surface area contributed by atoms with Crippen molar-refractivity contribution in [3.05, 3.63) is 80.7 Å². The predicted molar refractivity (Wildman–Crippen MR) is 88.5 cm³/mol. The quantitative estimate of drug-likeness (QED) is 0.292. The Bertz CT molecular complexity index is 878. The zero-order valence-corrected chi connectivity index (χ0v) is 12.7. The van der Waals surface area contributed by atoms with Crippen LogP contribution in [0, 0.1) is 10.1 Å². The van der Waals surface area contributed by atoms with E-state index in [1.54, 1.807) is 36.4 Å². The first-order chi connectivity index (χ1) is 11.1. The topological polar surface area (TPSA) is 73.3 Å². The van der Waals surface area contributed by atoms with Gasteiger partial charge in [-0.2, -0.15) is 0 Å². The summed E-state index contributed by atoms with van der Waals surface area (Å²) < 4.78 is 5.61. The van der Waals surface area contributed by atoms with E-state index >= 15 is 0 Å². The van der Waals surface area contributed by atoms with E-state index in [9.17, 15) is 14.9 Å². The van der Waals surface area contributed by atoms with Gasteiger partial charge in [-0.1, -0.05) is 18.2 Å². The van der Waals surface area contributed by atoms with Crippen LogP contribution in [0.5, 0.6) is 0 Å². The molecule has 0 amide bonds.